The smallest absolute Gasteiger partial charge is 0.271 e. The van der Waals surface area contributed by atoms with Gasteiger partial charge in [0.05, 0.1) is 29.4 Å². The summed E-state index contributed by atoms with van der Waals surface area (Å²) in [5, 5.41) is 10.8. The number of non-ortho nitro benzene ring substituents is 1. The zero-order valence-electron chi connectivity index (χ0n) is 13.4. The molecule has 11 heteroatoms. The Bertz CT molecular complexity index is 913. The van der Waals surface area contributed by atoms with E-state index in [4.69, 9.17) is 21.1 Å². The van der Waals surface area contributed by atoms with Gasteiger partial charge in [0.1, 0.15) is 10.6 Å². The minimum Gasteiger partial charge on any atom is -0.437 e. The van der Waals surface area contributed by atoms with Gasteiger partial charge in [0.15, 0.2) is 0 Å². The summed E-state index contributed by atoms with van der Waals surface area (Å²) in [5.74, 6) is 0.287. The Morgan fingerprint density at radius 3 is 2.54 bits per heavy atom. The number of ether oxygens (including phenoxy) is 2. The van der Waals surface area contributed by atoms with E-state index in [1.54, 1.807) is 0 Å². The zero-order chi connectivity index (χ0) is 18.7. The van der Waals surface area contributed by atoms with Crippen molar-refractivity contribution in [2.45, 2.75) is 4.90 Å². The third-order valence-electron chi connectivity index (χ3n) is 3.66. The fourth-order valence-electron chi connectivity index (χ4n) is 2.31. The van der Waals surface area contributed by atoms with Gasteiger partial charge in [0.25, 0.3) is 5.69 Å². The lowest BCUT2D eigenvalue weighted by Gasteiger charge is -2.25. The molecule has 3 rings (SSSR count). The van der Waals surface area contributed by atoms with Crippen LogP contribution in [0.3, 0.4) is 0 Å². The van der Waals surface area contributed by atoms with Gasteiger partial charge in [-0.25, -0.2) is 13.4 Å². The molecule has 0 aliphatic carbocycles. The van der Waals surface area contributed by atoms with Crippen LogP contribution in [-0.4, -0.2) is 48.9 Å². The van der Waals surface area contributed by atoms with E-state index in [1.807, 2.05) is 0 Å². The first-order chi connectivity index (χ1) is 12.4. The molecule has 0 atom stereocenters. The van der Waals surface area contributed by atoms with E-state index in [1.165, 1.54) is 34.8 Å². The summed E-state index contributed by atoms with van der Waals surface area (Å²) in [7, 11) is -3.64. The van der Waals surface area contributed by atoms with Crippen LogP contribution in [0.4, 0.5) is 5.69 Å². The summed E-state index contributed by atoms with van der Waals surface area (Å²) in [6, 6.07) is 6.53. The van der Waals surface area contributed by atoms with Crippen molar-refractivity contribution < 1.29 is 22.8 Å². The first kappa shape index (κ1) is 18.5. The van der Waals surface area contributed by atoms with E-state index < -0.39 is 14.9 Å². The molecule has 1 fully saturated rings. The third kappa shape index (κ3) is 3.93. The fraction of sp³-hybridized carbons (Fsp3) is 0.267. The maximum atomic E-state index is 12.5. The number of hydrogen-bond donors (Lipinski definition) is 0. The number of pyridine rings is 1. The predicted octanol–water partition coefficient (Wildman–Crippen LogP) is 2.46. The second kappa shape index (κ2) is 7.54. The van der Waals surface area contributed by atoms with E-state index in [0.717, 1.165) is 6.07 Å². The van der Waals surface area contributed by atoms with Gasteiger partial charge < -0.3 is 9.47 Å². The van der Waals surface area contributed by atoms with E-state index in [9.17, 15) is 18.5 Å². The van der Waals surface area contributed by atoms with Gasteiger partial charge in [0.2, 0.25) is 15.9 Å². The number of hydrogen-bond acceptors (Lipinski definition) is 7. The van der Waals surface area contributed by atoms with Crippen LogP contribution in [-0.2, 0) is 14.8 Å². The van der Waals surface area contributed by atoms with Crippen molar-refractivity contribution in [2.24, 2.45) is 0 Å². The summed E-state index contributed by atoms with van der Waals surface area (Å²) in [5.41, 5.74) is -0.165. The van der Waals surface area contributed by atoms with E-state index in [0.29, 0.717) is 26.3 Å². The highest BCUT2D eigenvalue weighted by Crippen LogP contribution is 2.32. The minimum absolute atomic E-state index is 0.0431. The predicted molar refractivity (Wildman–Crippen MR) is 92.0 cm³/mol. The van der Waals surface area contributed by atoms with Crippen LogP contribution in [0, 0.1) is 10.1 Å². The van der Waals surface area contributed by atoms with E-state index in [2.05, 4.69) is 4.98 Å². The number of sulfonamides is 1. The quantitative estimate of drug-likeness (QED) is 0.560. The van der Waals surface area contributed by atoms with Gasteiger partial charge in [-0.05, 0) is 12.1 Å². The molecule has 2 heterocycles. The monoisotopic (exact) mass is 399 g/mol. The lowest BCUT2D eigenvalue weighted by Crippen LogP contribution is -2.40. The molecule has 1 aromatic heterocycles. The van der Waals surface area contributed by atoms with Gasteiger partial charge in [-0.15, -0.1) is 0 Å². The summed E-state index contributed by atoms with van der Waals surface area (Å²) < 4.78 is 37.0. The van der Waals surface area contributed by atoms with Gasteiger partial charge in [-0.2, -0.15) is 4.31 Å². The maximum absolute atomic E-state index is 12.5. The Hall–Kier alpha value is -2.27. The van der Waals surface area contributed by atoms with Gasteiger partial charge >= 0.3 is 0 Å². The van der Waals surface area contributed by atoms with Crippen LogP contribution in [0.2, 0.25) is 5.02 Å². The molecule has 9 nitrogen and oxygen atoms in total. The molecule has 138 valence electrons. The van der Waals surface area contributed by atoms with Crippen molar-refractivity contribution in [3.8, 4) is 11.6 Å². The first-order valence-electron chi connectivity index (χ1n) is 7.54. The highest BCUT2D eigenvalue weighted by atomic mass is 35.5. The number of halogens is 1. The van der Waals surface area contributed by atoms with Crippen molar-refractivity contribution >= 4 is 27.3 Å². The second-order valence-corrected chi connectivity index (χ2v) is 7.67. The molecule has 0 unspecified atom stereocenters. The molecule has 0 bridgehead atoms. The molecule has 1 aliphatic heterocycles. The largest absolute Gasteiger partial charge is 0.437 e. The molecule has 1 saturated heterocycles. The number of nitrogens with zero attached hydrogens (tertiary/aromatic N) is 3. The number of aromatic nitrogens is 1. The lowest BCUT2D eigenvalue weighted by molar-refractivity contribution is -0.384. The summed E-state index contributed by atoms with van der Waals surface area (Å²) in [6.07, 6.45) is 1.19. The Labute approximate surface area is 154 Å². The van der Waals surface area contributed by atoms with Crippen LogP contribution >= 0.6 is 11.6 Å². The molecule has 2 aromatic rings. The molecular formula is C15H14ClN3O6S. The average Bonchev–Trinajstić information content (AvgIpc) is 2.64. The number of morpholine rings is 1. The van der Waals surface area contributed by atoms with Gasteiger partial charge in [-0.3, -0.25) is 10.1 Å². The highest BCUT2D eigenvalue weighted by Gasteiger charge is 2.26. The zero-order valence-corrected chi connectivity index (χ0v) is 14.9. The summed E-state index contributed by atoms with van der Waals surface area (Å²) in [4.78, 5) is 14.2. The molecular weight excluding hydrogens is 386 g/mol. The second-order valence-electron chi connectivity index (χ2n) is 5.32. The molecule has 1 aromatic carbocycles. The van der Waals surface area contributed by atoms with Gasteiger partial charge in [-0.1, -0.05) is 11.6 Å². The summed E-state index contributed by atoms with van der Waals surface area (Å²) >= 11 is 5.96. The Balaban J connectivity index is 1.76. The SMILES string of the molecule is O=[N+]([O-])c1ccc(Oc2ccc(S(=O)(=O)N3CCOCC3)cn2)c(Cl)c1. The maximum Gasteiger partial charge on any atom is 0.271 e. The van der Waals surface area contributed by atoms with Crippen molar-refractivity contribution in [3.63, 3.8) is 0 Å². The molecule has 0 spiro atoms. The van der Waals surface area contributed by atoms with E-state index in [-0.39, 0.29) is 27.2 Å². The van der Waals surface area contributed by atoms with E-state index >= 15 is 0 Å². The standard InChI is InChI=1S/C15H14ClN3O6S/c16-13-9-11(19(20)21)1-3-14(13)25-15-4-2-12(10-17-15)26(22,23)18-5-7-24-8-6-18/h1-4,9-10H,5-8H2. The van der Waals surface area contributed by atoms with Crippen LogP contribution in [0.15, 0.2) is 41.4 Å². The minimum atomic E-state index is -3.64. The van der Waals surface area contributed by atoms with Crippen molar-refractivity contribution in [1.82, 2.24) is 9.29 Å². The van der Waals surface area contributed by atoms with Crippen LogP contribution in [0.1, 0.15) is 0 Å². The highest BCUT2D eigenvalue weighted by molar-refractivity contribution is 7.89. The number of nitro groups is 1. The third-order valence-corrected chi connectivity index (χ3v) is 5.84. The van der Waals surface area contributed by atoms with Crippen LogP contribution < -0.4 is 4.74 Å². The first-order valence-corrected chi connectivity index (χ1v) is 9.35. The van der Waals surface area contributed by atoms with Crippen molar-refractivity contribution in [1.29, 1.82) is 0 Å². The molecule has 0 saturated carbocycles. The molecule has 1 aliphatic rings. The number of benzene rings is 1. The van der Waals surface area contributed by atoms with Crippen LogP contribution in [0.5, 0.6) is 11.6 Å². The Morgan fingerprint density at radius 2 is 1.96 bits per heavy atom. The summed E-state index contributed by atoms with van der Waals surface area (Å²) in [6.45, 7) is 1.29. The Morgan fingerprint density at radius 1 is 1.23 bits per heavy atom. The molecule has 0 N–H and O–H groups in total. The van der Waals surface area contributed by atoms with Crippen LogP contribution in [0.25, 0.3) is 0 Å². The Kier molecular flexibility index (Phi) is 5.37. The lowest BCUT2D eigenvalue weighted by atomic mass is 10.3. The normalized spacial score (nSPS) is 15.6. The topological polar surface area (TPSA) is 112 Å². The average molecular weight is 400 g/mol. The molecule has 0 radical (unpaired) electrons. The van der Waals surface area contributed by atoms with Crippen molar-refractivity contribution in [3.05, 3.63) is 51.7 Å². The molecule has 26 heavy (non-hydrogen) atoms. The molecule has 0 amide bonds. The number of rotatable bonds is 5. The van der Waals surface area contributed by atoms with Gasteiger partial charge in [0, 0.05) is 31.3 Å². The van der Waals surface area contributed by atoms with Crippen molar-refractivity contribution in [2.75, 3.05) is 26.3 Å². The fourth-order valence-corrected chi connectivity index (χ4v) is 3.88. The number of nitro benzene ring substituents is 1.